The molecule has 0 atom stereocenters. The molecule has 0 saturated carbocycles. The first kappa shape index (κ1) is 20.8. The van der Waals surface area contributed by atoms with Crippen LogP contribution in [0, 0.1) is 6.92 Å². The number of hydrogen-bond donors (Lipinski definition) is 1. The normalized spacial score (nSPS) is 10.7. The Balaban J connectivity index is 1.59. The number of rotatable bonds is 8. The lowest BCUT2D eigenvalue weighted by atomic mass is 10.2. The molecule has 3 rings (SSSR count). The quantitative estimate of drug-likeness (QED) is 0.573. The van der Waals surface area contributed by atoms with Gasteiger partial charge in [-0.05, 0) is 36.8 Å². The van der Waals surface area contributed by atoms with E-state index >= 15 is 0 Å². The summed E-state index contributed by atoms with van der Waals surface area (Å²) in [5.74, 6) is 2.14. The third-order valence-corrected chi connectivity index (χ3v) is 5.73. The van der Waals surface area contributed by atoms with Crippen molar-refractivity contribution in [2.24, 2.45) is 7.05 Å². The minimum atomic E-state index is -0.228. The molecule has 6 nitrogen and oxygen atoms in total. The average molecular weight is 412 g/mol. The molecule has 3 aromatic rings. The highest BCUT2D eigenvalue weighted by atomic mass is 32.2. The summed E-state index contributed by atoms with van der Waals surface area (Å²) in [6.07, 6.45) is 0.341. The maximum absolute atomic E-state index is 12.8. The van der Waals surface area contributed by atoms with Crippen molar-refractivity contribution in [3.05, 3.63) is 76.2 Å². The Morgan fingerprint density at radius 3 is 2.62 bits per heavy atom. The van der Waals surface area contributed by atoms with Crippen LogP contribution >= 0.6 is 11.8 Å². The zero-order valence-corrected chi connectivity index (χ0v) is 17.7. The van der Waals surface area contributed by atoms with E-state index in [1.165, 1.54) is 0 Å². The van der Waals surface area contributed by atoms with E-state index in [4.69, 9.17) is 4.74 Å². The van der Waals surface area contributed by atoms with Gasteiger partial charge < -0.3 is 10.1 Å². The van der Waals surface area contributed by atoms with Crippen molar-refractivity contribution in [2.75, 3.05) is 18.2 Å². The largest absolute Gasteiger partial charge is 0.497 e. The molecule has 0 aliphatic heterocycles. The molecule has 1 aromatic heterocycles. The molecule has 1 N–H and O–H groups in total. The first-order valence-corrected chi connectivity index (χ1v) is 10.5. The van der Waals surface area contributed by atoms with E-state index in [0.717, 1.165) is 28.4 Å². The fraction of sp³-hybridized carbons (Fsp3) is 0.273. The van der Waals surface area contributed by atoms with E-state index in [-0.39, 0.29) is 11.5 Å². The molecular formula is C22H25N3O3S. The highest BCUT2D eigenvalue weighted by Gasteiger charge is 2.17. The fourth-order valence-electron chi connectivity index (χ4n) is 3.03. The predicted octanol–water partition coefficient (Wildman–Crippen LogP) is 3.76. The van der Waals surface area contributed by atoms with E-state index in [1.807, 2.05) is 68.6 Å². The molecule has 0 fully saturated rings. The van der Waals surface area contributed by atoms with Gasteiger partial charge in [0, 0.05) is 25.0 Å². The second kappa shape index (κ2) is 9.52. The van der Waals surface area contributed by atoms with Crippen molar-refractivity contribution in [1.29, 1.82) is 0 Å². The number of carbonyl (C=O) groups is 1. The molecule has 0 bridgehead atoms. The van der Waals surface area contributed by atoms with Gasteiger partial charge in [-0.15, -0.1) is 0 Å². The van der Waals surface area contributed by atoms with Gasteiger partial charge in [-0.1, -0.05) is 30.3 Å². The van der Waals surface area contributed by atoms with E-state index in [1.54, 1.807) is 28.2 Å². The number of nitrogens with one attached hydrogen (secondary N) is 1. The number of amides is 1. The maximum atomic E-state index is 12.8. The summed E-state index contributed by atoms with van der Waals surface area (Å²) in [5.41, 5.74) is 2.74. The first-order chi connectivity index (χ1) is 14.0. The third kappa shape index (κ3) is 4.92. The molecule has 29 heavy (non-hydrogen) atoms. The van der Waals surface area contributed by atoms with E-state index in [2.05, 4.69) is 5.32 Å². The average Bonchev–Trinajstić information content (AvgIpc) is 2.95. The van der Waals surface area contributed by atoms with Gasteiger partial charge in [0.25, 0.3) is 5.56 Å². The monoisotopic (exact) mass is 411 g/mol. The van der Waals surface area contributed by atoms with Crippen molar-refractivity contribution in [1.82, 2.24) is 9.36 Å². The van der Waals surface area contributed by atoms with E-state index in [0.29, 0.717) is 17.9 Å². The van der Waals surface area contributed by atoms with Gasteiger partial charge >= 0.3 is 0 Å². The number of nitrogens with zero attached hydrogens (tertiary/aromatic N) is 2. The number of carbonyl (C=O) groups excluding carboxylic acids is 1. The summed E-state index contributed by atoms with van der Waals surface area (Å²) in [4.78, 5) is 25.2. The Morgan fingerprint density at radius 1 is 1.14 bits per heavy atom. The molecule has 2 aromatic carbocycles. The predicted molar refractivity (Wildman–Crippen MR) is 118 cm³/mol. The van der Waals surface area contributed by atoms with Crippen LogP contribution in [0.2, 0.25) is 0 Å². The molecule has 0 saturated heterocycles. The number of thioether (sulfide) groups is 1. The van der Waals surface area contributed by atoms with Gasteiger partial charge in [0.2, 0.25) is 5.91 Å². The second-order valence-electron chi connectivity index (χ2n) is 6.64. The number of benzene rings is 2. The van der Waals surface area contributed by atoms with Crippen LogP contribution in [0.1, 0.15) is 17.7 Å². The highest BCUT2D eigenvalue weighted by molar-refractivity contribution is 7.98. The summed E-state index contributed by atoms with van der Waals surface area (Å²) in [5, 5.41) is 2.80. The zero-order valence-electron chi connectivity index (χ0n) is 16.8. The van der Waals surface area contributed by atoms with Gasteiger partial charge in [0.1, 0.15) is 11.4 Å². The number of ether oxygens (including phenoxy) is 1. The minimum absolute atomic E-state index is 0.158. The Morgan fingerprint density at radius 2 is 1.90 bits per heavy atom. The molecule has 1 amide bonds. The summed E-state index contributed by atoms with van der Waals surface area (Å²) in [7, 11) is 3.46. The van der Waals surface area contributed by atoms with Gasteiger partial charge in [-0.25, -0.2) is 4.68 Å². The molecule has 7 heteroatoms. The van der Waals surface area contributed by atoms with Crippen LogP contribution in [0.4, 0.5) is 5.69 Å². The van der Waals surface area contributed by atoms with Crippen LogP contribution < -0.4 is 15.6 Å². The van der Waals surface area contributed by atoms with Crippen LogP contribution in [0.15, 0.2) is 59.4 Å². The Bertz CT molecular complexity index is 1040. The van der Waals surface area contributed by atoms with Gasteiger partial charge in [0.05, 0.1) is 18.5 Å². The molecule has 0 unspecified atom stereocenters. The number of anilines is 1. The minimum Gasteiger partial charge on any atom is -0.497 e. The molecule has 0 spiro atoms. The Kier molecular flexibility index (Phi) is 6.82. The van der Waals surface area contributed by atoms with E-state index in [9.17, 15) is 9.59 Å². The first-order valence-electron chi connectivity index (χ1n) is 9.36. The smallest absolute Gasteiger partial charge is 0.295 e. The molecular weight excluding hydrogens is 386 g/mol. The lowest BCUT2D eigenvalue weighted by Gasteiger charge is -2.07. The SMILES string of the molecule is COc1cccc(CSCCC(=O)Nc2c(C)n(C)n(-c3ccccc3)c2=O)c1. The van der Waals surface area contributed by atoms with Gasteiger partial charge in [-0.2, -0.15) is 11.8 Å². The van der Waals surface area contributed by atoms with Crippen LogP contribution in [-0.4, -0.2) is 28.1 Å². The summed E-state index contributed by atoms with van der Waals surface area (Å²) in [6, 6.07) is 17.3. The number of aromatic nitrogens is 2. The lowest BCUT2D eigenvalue weighted by molar-refractivity contribution is -0.115. The number of methoxy groups -OCH3 is 1. The van der Waals surface area contributed by atoms with Crippen LogP contribution in [-0.2, 0) is 17.6 Å². The highest BCUT2D eigenvalue weighted by Crippen LogP contribution is 2.19. The van der Waals surface area contributed by atoms with Crippen molar-refractivity contribution < 1.29 is 9.53 Å². The zero-order chi connectivity index (χ0) is 20.8. The Hall–Kier alpha value is -2.93. The van der Waals surface area contributed by atoms with Crippen molar-refractivity contribution in [2.45, 2.75) is 19.1 Å². The van der Waals surface area contributed by atoms with Crippen molar-refractivity contribution in [3.63, 3.8) is 0 Å². The van der Waals surface area contributed by atoms with Crippen molar-refractivity contribution >= 4 is 23.4 Å². The van der Waals surface area contributed by atoms with Crippen LogP contribution in [0.3, 0.4) is 0 Å². The molecule has 0 aliphatic rings. The summed E-state index contributed by atoms with van der Waals surface area (Å²) in [6.45, 7) is 1.83. The second-order valence-corrected chi connectivity index (χ2v) is 7.74. The lowest BCUT2D eigenvalue weighted by Crippen LogP contribution is -2.23. The number of hydrogen-bond acceptors (Lipinski definition) is 4. The standard InChI is InChI=1S/C22H25N3O3S/c1-16-21(22(27)25(24(16)2)18-9-5-4-6-10-18)23-20(26)12-13-29-15-17-8-7-11-19(14-17)28-3/h4-11,14H,12-13,15H2,1-3H3,(H,23,26). The summed E-state index contributed by atoms with van der Waals surface area (Å²) < 4.78 is 8.54. The molecule has 0 radical (unpaired) electrons. The van der Waals surface area contributed by atoms with Gasteiger partial charge in [-0.3, -0.25) is 14.3 Å². The Labute approximate surface area is 174 Å². The van der Waals surface area contributed by atoms with Crippen LogP contribution in [0.25, 0.3) is 5.69 Å². The van der Waals surface area contributed by atoms with E-state index < -0.39 is 0 Å². The van der Waals surface area contributed by atoms with Crippen LogP contribution in [0.5, 0.6) is 5.75 Å². The fourth-order valence-corrected chi connectivity index (χ4v) is 3.92. The number of para-hydroxylation sites is 1. The van der Waals surface area contributed by atoms with Crippen molar-refractivity contribution in [3.8, 4) is 11.4 Å². The molecule has 1 heterocycles. The maximum Gasteiger partial charge on any atom is 0.295 e. The molecule has 152 valence electrons. The van der Waals surface area contributed by atoms with Gasteiger partial charge in [0.15, 0.2) is 0 Å². The molecule has 0 aliphatic carbocycles. The topological polar surface area (TPSA) is 65.3 Å². The summed E-state index contributed by atoms with van der Waals surface area (Å²) >= 11 is 1.67. The third-order valence-electron chi connectivity index (χ3n) is 4.69.